The number of carbonyl (C=O) groups excluding carboxylic acids is 2. The van der Waals surface area contributed by atoms with Gasteiger partial charge in [-0.15, -0.1) is 11.3 Å². The van der Waals surface area contributed by atoms with Gasteiger partial charge in [0.25, 0.3) is 5.91 Å². The van der Waals surface area contributed by atoms with E-state index in [4.69, 9.17) is 4.74 Å². The van der Waals surface area contributed by atoms with Crippen LogP contribution in [0.3, 0.4) is 0 Å². The van der Waals surface area contributed by atoms with Crippen molar-refractivity contribution in [3.05, 3.63) is 52.7 Å². The summed E-state index contributed by atoms with van der Waals surface area (Å²) < 4.78 is 5.89. The maximum Gasteiger partial charge on any atom is 0.282 e. The first kappa shape index (κ1) is 20.8. The largest absolute Gasteiger partial charge is 0.462 e. The lowest BCUT2D eigenvalue weighted by Crippen LogP contribution is -2.52. The summed E-state index contributed by atoms with van der Waals surface area (Å²) in [6, 6.07) is 7.87. The van der Waals surface area contributed by atoms with Crippen molar-refractivity contribution in [2.24, 2.45) is 4.99 Å². The number of thiazole rings is 1. The Hall–Kier alpha value is -3.04. The Morgan fingerprint density at radius 2 is 1.94 bits per heavy atom. The van der Waals surface area contributed by atoms with Crippen molar-refractivity contribution in [3.63, 3.8) is 0 Å². The standard InChI is InChI=1S/C23H25N5O3S/c29-21-15-18(26-10-12-27(13-11-26)23(30)22-25-9-14-32-22)16-28(21)17-1-3-19(4-2-17)31-20-5-7-24-8-6-20/h1-5,7,9,14,18H,6,8,10-13,15-16H2. The predicted molar refractivity (Wildman–Crippen MR) is 123 cm³/mol. The van der Waals surface area contributed by atoms with Gasteiger partial charge in [0.2, 0.25) is 5.91 Å². The minimum atomic E-state index is 0.00218. The van der Waals surface area contributed by atoms with Gasteiger partial charge in [-0.3, -0.25) is 19.5 Å². The number of piperazine rings is 1. The maximum atomic E-state index is 12.7. The van der Waals surface area contributed by atoms with Crippen molar-refractivity contribution in [1.82, 2.24) is 14.8 Å². The van der Waals surface area contributed by atoms with Crippen LogP contribution >= 0.6 is 11.3 Å². The number of benzene rings is 1. The summed E-state index contributed by atoms with van der Waals surface area (Å²) in [5.74, 6) is 1.80. The second-order valence-electron chi connectivity index (χ2n) is 8.06. The zero-order valence-electron chi connectivity index (χ0n) is 17.7. The molecule has 0 N–H and O–H groups in total. The molecule has 1 aromatic carbocycles. The second-order valence-corrected chi connectivity index (χ2v) is 8.96. The molecule has 5 rings (SSSR count). The number of dihydropyridines is 1. The first-order valence-corrected chi connectivity index (χ1v) is 11.8. The number of hydrogen-bond donors (Lipinski definition) is 0. The summed E-state index contributed by atoms with van der Waals surface area (Å²) in [4.78, 5) is 39.6. The van der Waals surface area contributed by atoms with Gasteiger partial charge in [0, 0.05) is 81.6 Å². The smallest absolute Gasteiger partial charge is 0.282 e. The van der Waals surface area contributed by atoms with E-state index in [1.165, 1.54) is 11.3 Å². The van der Waals surface area contributed by atoms with E-state index < -0.39 is 0 Å². The monoisotopic (exact) mass is 451 g/mol. The van der Waals surface area contributed by atoms with Gasteiger partial charge >= 0.3 is 0 Å². The molecule has 0 radical (unpaired) electrons. The van der Waals surface area contributed by atoms with Crippen LogP contribution in [-0.4, -0.2) is 78.1 Å². The number of carbonyl (C=O) groups is 2. The highest BCUT2D eigenvalue weighted by Crippen LogP contribution is 2.28. The molecule has 0 bridgehead atoms. The van der Waals surface area contributed by atoms with Crippen LogP contribution in [0.15, 0.2) is 52.7 Å². The topological polar surface area (TPSA) is 78.3 Å². The fraction of sp³-hybridized carbons (Fsp3) is 0.391. The molecule has 0 spiro atoms. The highest BCUT2D eigenvalue weighted by Gasteiger charge is 2.36. The maximum absolute atomic E-state index is 12.7. The third kappa shape index (κ3) is 4.44. The third-order valence-electron chi connectivity index (χ3n) is 6.09. The number of allylic oxidation sites excluding steroid dienone is 1. The predicted octanol–water partition coefficient (Wildman–Crippen LogP) is 2.44. The molecular weight excluding hydrogens is 426 g/mol. The Labute approximate surface area is 190 Å². The van der Waals surface area contributed by atoms with Gasteiger partial charge in [-0.2, -0.15) is 0 Å². The number of ether oxygens (including phenoxy) is 1. The zero-order valence-corrected chi connectivity index (χ0v) is 18.5. The number of rotatable bonds is 5. The fourth-order valence-electron chi connectivity index (χ4n) is 4.34. The molecular formula is C23H25N5O3S. The lowest BCUT2D eigenvalue weighted by atomic mass is 10.2. The Morgan fingerprint density at radius 3 is 2.62 bits per heavy atom. The molecule has 1 aromatic heterocycles. The average Bonchev–Trinajstić information content (AvgIpc) is 3.50. The van der Waals surface area contributed by atoms with Crippen LogP contribution < -0.4 is 9.64 Å². The molecule has 2 amide bonds. The lowest BCUT2D eigenvalue weighted by molar-refractivity contribution is -0.117. The Morgan fingerprint density at radius 1 is 1.12 bits per heavy atom. The van der Waals surface area contributed by atoms with Gasteiger partial charge in [-0.1, -0.05) is 0 Å². The van der Waals surface area contributed by atoms with Gasteiger partial charge in [0.1, 0.15) is 11.5 Å². The van der Waals surface area contributed by atoms with Crippen LogP contribution in [-0.2, 0) is 4.79 Å². The highest BCUT2D eigenvalue weighted by molar-refractivity contribution is 7.11. The summed E-state index contributed by atoms with van der Waals surface area (Å²) in [7, 11) is 0. The molecule has 1 unspecified atom stereocenters. The molecule has 4 heterocycles. The van der Waals surface area contributed by atoms with Crippen molar-refractivity contribution in [2.45, 2.75) is 18.9 Å². The van der Waals surface area contributed by atoms with E-state index in [-0.39, 0.29) is 17.9 Å². The zero-order chi connectivity index (χ0) is 21.9. The minimum Gasteiger partial charge on any atom is -0.462 e. The van der Waals surface area contributed by atoms with Crippen molar-refractivity contribution < 1.29 is 14.3 Å². The molecule has 3 aliphatic heterocycles. The van der Waals surface area contributed by atoms with E-state index >= 15 is 0 Å². The van der Waals surface area contributed by atoms with E-state index in [9.17, 15) is 9.59 Å². The molecule has 0 aliphatic carbocycles. The second kappa shape index (κ2) is 9.22. The SMILES string of the molecule is O=C(c1nccs1)N1CCN(C2CC(=O)N(c3ccc(OC4=CC=NCC4)cc3)C2)CC1. The van der Waals surface area contributed by atoms with Crippen molar-refractivity contribution in [3.8, 4) is 5.75 Å². The molecule has 32 heavy (non-hydrogen) atoms. The van der Waals surface area contributed by atoms with Gasteiger partial charge in [-0.05, 0) is 30.3 Å². The highest BCUT2D eigenvalue weighted by atomic mass is 32.1. The number of nitrogens with zero attached hydrogens (tertiary/aromatic N) is 5. The van der Waals surface area contributed by atoms with E-state index in [1.807, 2.05) is 45.5 Å². The van der Waals surface area contributed by atoms with Crippen molar-refractivity contribution >= 4 is 35.1 Å². The van der Waals surface area contributed by atoms with Crippen LogP contribution in [0.1, 0.15) is 22.6 Å². The van der Waals surface area contributed by atoms with Crippen molar-refractivity contribution in [1.29, 1.82) is 0 Å². The number of aromatic nitrogens is 1. The Balaban J connectivity index is 1.16. The summed E-state index contributed by atoms with van der Waals surface area (Å²) >= 11 is 1.37. The van der Waals surface area contributed by atoms with Crippen LogP contribution in [0.4, 0.5) is 5.69 Å². The first-order valence-electron chi connectivity index (χ1n) is 10.9. The van der Waals surface area contributed by atoms with Crippen LogP contribution in [0.5, 0.6) is 5.75 Å². The van der Waals surface area contributed by atoms with Crippen LogP contribution in [0, 0.1) is 0 Å². The molecule has 8 nitrogen and oxygen atoms in total. The Bertz CT molecular complexity index is 1030. The lowest BCUT2D eigenvalue weighted by Gasteiger charge is -2.37. The summed E-state index contributed by atoms with van der Waals surface area (Å²) in [5.41, 5.74) is 0.890. The van der Waals surface area contributed by atoms with Crippen LogP contribution in [0.25, 0.3) is 0 Å². The van der Waals surface area contributed by atoms with E-state index in [1.54, 1.807) is 12.4 Å². The quantitative estimate of drug-likeness (QED) is 0.698. The molecule has 3 aliphatic rings. The van der Waals surface area contributed by atoms with Gasteiger partial charge in [0.15, 0.2) is 5.01 Å². The Kier molecular flexibility index (Phi) is 6.00. The molecule has 2 aromatic rings. The summed E-state index contributed by atoms with van der Waals surface area (Å²) in [5, 5.41) is 2.36. The molecule has 0 saturated carbocycles. The number of amides is 2. The van der Waals surface area contributed by atoms with Gasteiger partial charge in [0.05, 0.1) is 0 Å². The third-order valence-corrected chi connectivity index (χ3v) is 6.85. The van der Waals surface area contributed by atoms with Crippen molar-refractivity contribution in [2.75, 3.05) is 44.2 Å². The molecule has 1 atom stereocenters. The normalized spacial score (nSPS) is 21.7. The minimum absolute atomic E-state index is 0.00218. The number of hydrogen-bond acceptors (Lipinski definition) is 7. The molecule has 166 valence electrons. The average molecular weight is 452 g/mol. The number of anilines is 1. The fourth-order valence-corrected chi connectivity index (χ4v) is 4.94. The number of aliphatic imine (C=N–C) groups is 1. The van der Waals surface area contributed by atoms with E-state index in [2.05, 4.69) is 14.9 Å². The molecule has 9 heteroatoms. The van der Waals surface area contributed by atoms with Gasteiger partial charge < -0.3 is 14.5 Å². The summed E-state index contributed by atoms with van der Waals surface area (Å²) in [6.07, 6.45) is 6.62. The van der Waals surface area contributed by atoms with Crippen LogP contribution in [0.2, 0.25) is 0 Å². The van der Waals surface area contributed by atoms with Gasteiger partial charge in [-0.25, -0.2) is 4.98 Å². The molecule has 2 fully saturated rings. The molecule has 2 saturated heterocycles. The van der Waals surface area contributed by atoms with E-state index in [0.29, 0.717) is 31.1 Å². The van der Waals surface area contributed by atoms with E-state index in [0.717, 1.165) is 43.3 Å². The first-order chi connectivity index (χ1) is 15.7. The summed E-state index contributed by atoms with van der Waals surface area (Å²) in [6.45, 7) is 4.29.